The third kappa shape index (κ3) is 4.73. The van der Waals surface area contributed by atoms with Crippen molar-refractivity contribution in [2.24, 2.45) is 11.8 Å². The van der Waals surface area contributed by atoms with Crippen LogP contribution in [-0.2, 0) is 11.2 Å². The molecule has 0 saturated heterocycles. The number of nitrogens with zero attached hydrogens (tertiary/aromatic N) is 1. The maximum atomic E-state index is 12.5. The third-order valence-corrected chi connectivity index (χ3v) is 6.47. The van der Waals surface area contributed by atoms with E-state index in [9.17, 15) is 4.79 Å². The Bertz CT molecular complexity index is 873. The van der Waals surface area contributed by atoms with Gasteiger partial charge in [-0.3, -0.25) is 4.79 Å². The topological polar surface area (TPSA) is 55.1 Å². The van der Waals surface area contributed by atoms with Gasteiger partial charge < -0.3 is 9.84 Å². The first-order valence-electron chi connectivity index (χ1n) is 11.3. The van der Waals surface area contributed by atoms with E-state index in [0.29, 0.717) is 24.7 Å². The van der Waals surface area contributed by atoms with Gasteiger partial charge in [-0.05, 0) is 75.3 Å². The van der Waals surface area contributed by atoms with Crippen molar-refractivity contribution < 1.29 is 9.32 Å². The first-order valence-corrected chi connectivity index (χ1v) is 11.3. The highest BCUT2D eigenvalue weighted by atomic mass is 16.5. The number of hydrogen-bond acceptors (Lipinski definition) is 3. The molecule has 0 unspecified atom stereocenters. The van der Waals surface area contributed by atoms with Crippen molar-refractivity contribution in [3.63, 3.8) is 0 Å². The number of rotatable bonds is 8. The van der Waals surface area contributed by atoms with E-state index in [1.54, 1.807) is 0 Å². The van der Waals surface area contributed by atoms with E-state index in [-0.39, 0.29) is 5.91 Å². The number of hydrogen-bond donors (Lipinski definition) is 1. The monoisotopic (exact) mass is 394 g/mol. The fraction of sp³-hybridized carbons (Fsp3) is 0.600. The van der Waals surface area contributed by atoms with Crippen LogP contribution in [0.3, 0.4) is 0 Å². The Kier molecular flexibility index (Phi) is 5.80. The first-order chi connectivity index (χ1) is 13.9. The fourth-order valence-electron chi connectivity index (χ4n) is 4.84. The molecule has 2 saturated carbocycles. The lowest BCUT2D eigenvalue weighted by Gasteiger charge is -2.35. The quantitative estimate of drug-likeness (QED) is 0.573. The number of carbonyl (C=O) groups excluding carboxylic acids is 1. The molecule has 0 atom stereocenters. The molecule has 2 fully saturated rings. The van der Waals surface area contributed by atoms with Crippen molar-refractivity contribution in [2.75, 3.05) is 5.32 Å². The molecule has 4 nitrogen and oxygen atoms in total. The molecular formula is C25H34N2O2. The van der Waals surface area contributed by atoms with Gasteiger partial charge in [-0.2, -0.15) is 0 Å². The molecule has 4 heteroatoms. The smallest absolute Gasteiger partial charge is 0.224 e. The third-order valence-electron chi connectivity index (χ3n) is 6.47. The van der Waals surface area contributed by atoms with Gasteiger partial charge in [0.05, 0.1) is 5.69 Å². The first kappa shape index (κ1) is 20.2. The minimum atomic E-state index is 0.0453. The van der Waals surface area contributed by atoms with Crippen molar-refractivity contribution in [1.29, 1.82) is 0 Å². The molecule has 0 bridgehead atoms. The van der Waals surface area contributed by atoms with Crippen LogP contribution in [0.25, 0.3) is 0 Å². The van der Waals surface area contributed by atoms with Crippen LogP contribution >= 0.6 is 0 Å². The Balaban J connectivity index is 1.37. The van der Waals surface area contributed by atoms with Crippen LogP contribution in [0, 0.1) is 25.7 Å². The van der Waals surface area contributed by atoms with E-state index < -0.39 is 0 Å². The molecule has 1 N–H and O–H groups in total. The maximum Gasteiger partial charge on any atom is 0.224 e. The lowest BCUT2D eigenvalue weighted by atomic mass is 9.69. The molecule has 1 aromatic heterocycles. The predicted octanol–water partition coefficient (Wildman–Crippen LogP) is 6.28. The standard InChI is InChI=1S/C25H34N2O2/c1-15(2)11-18-13-20(14-18)25-24(19-6-7-19)22(27-29-25)9-10-23(28)26-21-8-5-16(3)12-17(21)4/h5,8,12,15,18-20H,6-7,9-11,13-14H2,1-4H3,(H,26,28). The SMILES string of the molecule is Cc1ccc(NC(=O)CCc2noc(C3CC(CC(C)C)C3)c2C2CC2)c(C)c1. The lowest BCUT2D eigenvalue weighted by molar-refractivity contribution is -0.116. The molecule has 29 heavy (non-hydrogen) atoms. The van der Waals surface area contributed by atoms with Gasteiger partial charge >= 0.3 is 0 Å². The molecule has 156 valence electrons. The van der Waals surface area contributed by atoms with Crippen molar-refractivity contribution in [3.05, 3.63) is 46.3 Å². The second-order valence-electron chi connectivity index (χ2n) is 9.71. The average molecular weight is 395 g/mol. The molecule has 2 aromatic rings. The summed E-state index contributed by atoms with van der Waals surface area (Å²) in [5, 5.41) is 7.47. The van der Waals surface area contributed by atoms with Gasteiger partial charge in [-0.1, -0.05) is 36.7 Å². The number of aromatic nitrogens is 1. The van der Waals surface area contributed by atoms with Gasteiger partial charge in [0, 0.05) is 30.0 Å². The van der Waals surface area contributed by atoms with Gasteiger partial charge in [0.1, 0.15) is 5.76 Å². The Morgan fingerprint density at radius 1 is 1.21 bits per heavy atom. The second-order valence-corrected chi connectivity index (χ2v) is 9.71. The highest BCUT2D eigenvalue weighted by Crippen LogP contribution is 2.51. The highest BCUT2D eigenvalue weighted by molar-refractivity contribution is 5.91. The van der Waals surface area contributed by atoms with E-state index in [1.807, 2.05) is 19.1 Å². The molecule has 0 radical (unpaired) electrons. The van der Waals surface area contributed by atoms with E-state index in [0.717, 1.165) is 34.5 Å². The summed E-state index contributed by atoms with van der Waals surface area (Å²) in [6.45, 7) is 8.70. The molecule has 1 amide bonds. The number of aryl methyl sites for hydroxylation is 3. The average Bonchev–Trinajstić information content (AvgIpc) is 3.38. The largest absolute Gasteiger partial charge is 0.361 e. The molecule has 1 aromatic carbocycles. The lowest BCUT2D eigenvalue weighted by Crippen LogP contribution is -2.23. The summed E-state index contributed by atoms with van der Waals surface area (Å²) in [6, 6.07) is 6.11. The fourth-order valence-corrected chi connectivity index (χ4v) is 4.84. The van der Waals surface area contributed by atoms with Crippen LogP contribution in [0.15, 0.2) is 22.7 Å². The zero-order chi connectivity index (χ0) is 20.5. The zero-order valence-corrected chi connectivity index (χ0v) is 18.3. The number of benzene rings is 1. The van der Waals surface area contributed by atoms with E-state index in [2.05, 4.69) is 37.3 Å². The Hall–Kier alpha value is -2.10. The highest BCUT2D eigenvalue weighted by Gasteiger charge is 2.40. The summed E-state index contributed by atoms with van der Waals surface area (Å²) in [6.07, 6.45) is 7.36. The molecule has 4 rings (SSSR count). The summed E-state index contributed by atoms with van der Waals surface area (Å²) in [5.41, 5.74) is 5.57. The number of anilines is 1. The summed E-state index contributed by atoms with van der Waals surface area (Å²) in [5.74, 6) is 3.94. The molecule has 0 spiro atoms. The molecule has 1 heterocycles. The van der Waals surface area contributed by atoms with E-state index in [4.69, 9.17) is 4.52 Å². The number of amides is 1. The minimum absolute atomic E-state index is 0.0453. The van der Waals surface area contributed by atoms with Gasteiger partial charge in [-0.15, -0.1) is 0 Å². The number of nitrogens with one attached hydrogen (secondary N) is 1. The van der Waals surface area contributed by atoms with Gasteiger partial charge in [0.15, 0.2) is 0 Å². The summed E-state index contributed by atoms with van der Waals surface area (Å²) >= 11 is 0. The molecule has 2 aliphatic carbocycles. The van der Waals surface area contributed by atoms with Gasteiger partial charge in [0.25, 0.3) is 0 Å². The summed E-state index contributed by atoms with van der Waals surface area (Å²) in [7, 11) is 0. The molecule has 2 aliphatic rings. The summed E-state index contributed by atoms with van der Waals surface area (Å²) in [4.78, 5) is 12.5. The van der Waals surface area contributed by atoms with Crippen molar-refractivity contribution >= 4 is 11.6 Å². The normalized spacial score (nSPS) is 21.3. The van der Waals surface area contributed by atoms with E-state index >= 15 is 0 Å². The minimum Gasteiger partial charge on any atom is -0.361 e. The van der Waals surface area contributed by atoms with Crippen LogP contribution in [0.5, 0.6) is 0 Å². The van der Waals surface area contributed by atoms with Crippen molar-refractivity contribution in [1.82, 2.24) is 5.16 Å². The van der Waals surface area contributed by atoms with Gasteiger partial charge in [0.2, 0.25) is 5.91 Å². The Morgan fingerprint density at radius 3 is 2.62 bits per heavy atom. The van der Waals surface area contributed by atoms with Crippen LogP contribution in [0.2, 0.25) is 0 Å². The van der Waals surface area contributed by atoms with Crippen LogP contribution in [-0.4, -0.2) is 11.1 Å². The summed E-state index contributed by atoms with van der Waals surface area (Å²) < 4.78 is 5.86. The zero-order valence-electron chi connectivity index (χ0n) is 18.3. The van der Waals surface area contributed by atoms with Gasteiger partial charge in [-0.25, -0.2) is 0 Å². The van der Waals surface area contributed by atoms with Crippen LogP contribution in [0.1, 0.15) is 92.4 Å². The van der Waals surface area contributed by atoms with Crippen molar-refractivity contribution in [3.8, 4) is 0 Å². The molecule has 0 aliphatic heterocycles. The predicted molar refractivity (Wildman–Crippen MR) is 116 cm³/mol. The Labute approximate surface area is 174 Å². The van der Waals surface area contributed by atoms with Crippen molar-refractivity contribution in [2.45, 2.75) is 84.5 Å². The van der Waals surface area contributed by atoms with Crippen LogP contribution in [0.4, 0.5) is 5.69 Å². The van der Waals surface area contributed by atoms with E-state index in [1.165, 1.54) is 43.2 Å². The number of carbonyl (C=O) groups is 1. The Morgan fingerprint density at radius 2 is 1.97 bits per heavy atom. The second kappa shape index (κ2) is 8.33. The molecular weight excluding hydrogens is 360 g/mol. The van der Waals surface area contributed by atoms with Crippen LogP contribution < -0.4 is 5.32 Å². The maximum absolute atomic E-state index is 12.5.